The Morgan fingerprint density at radius 2 is 1.63 bits per heavy atom. The van der Waals surface area contributed by atoms with Crippen molar-refractivity contribution in [3.05, 3.63) is 36.0 Å². The summed E-state index contributed by atoms with van der Waals surface area (Å²) < 4.78 is 17.3. The number of hydrogen-bond donors (Lipinski definition) is 2. The average Bonchev–Trinajstić information content (AvgIpc) is 3.49. The van der Waals surface area contributed by atoms with Gasteiger partial charge in [0.1, 0.15) is 11.7 Å². The second-order valence-electron chi connectivity index (χ2n) is 14.9. The smallest absolute Gasteiger partial charge is 0.410 e. The van der Waals surface area contributed by atoms with Crippen LogP contribution in [-0.4, -0.2) is 119 Å². The van der Waals surface area contributed by atoms with Crippen molar-refractivity contribution in [2.24, 2.45) is 11.8 Å². The molecule has 0 bridgehead atoms. The number of nitrogens with zero attached hydrogens (tertiary/aromatic N) is 3. The fraction of sp³-hybridized carbons (Fsp3) is 0.763. The van der Waals surface area contributed by atoms with E-state index in [1.54, 1.807) is 22.8 Å². The molecule has 0 spiro atoms. The van der Waals surface area contributed by atoms with Gasteiger partial charge >= 0.3 is 18.2 Å². The predicted molar refractivity (Wildman–Crippen MR) is 188 cm³/mol. The van der Waals surface area contributed by atoms with Gasteiger partial charge in [-0.2, -0.15) is 0 Å². The van der Waals surface area contributed by atoms with Gasteiger partial charge in [0.05, 0.1) is 19.1 Å². The third-order valence-corrected chi connectivity index (χ3v) is 10.5. The van der Waals surface area contributed by atoms with Crippen LogP contribution < -0.4 is 0 Å². The van der Waals surface area contributed by atoms with E-state index in [2.05, 4.69) is 4.90 Å². The van der Waals surface area contributed by atoms with Crippen molar-refractivity contribution in [1.29, 1.82) is 0 Å². The molecule has 276 valence electrons. The first kappa shape index (κ1) is 38.9. The molecule has 6 atom stereocenters. The fourth-order valence-electron chi connectivity index (χ4n) is 7.27. The minimum atomic E-state index is -1.46. The van der Waals surface area contributed by atoms with Gasteiger partial charge in [0.15, 0.2) is 6.10 Å². The molecule has 0 aromatic carbocycles. The number of allylic oxidation sites excluding steroid dienone is 2. The minimum Gasteiger partial charge on any atom is -0.457 e. The van der Waals surface area contributed by atoms with Gasteiger partial charge in [-0.05, 0) is 64.0 Å². The normalized spacial score (nSPS) is 31.7. The minimum absolute atomic E-state index is 0.0145. The summed E-state index contributed by atoms with van der Waals surface area (Å²) in [5.74, 6) is -0.869. The van der Waals surface area contributed by atoms with Gasteiger partial charge in [-0.25, -0.2) is 9.59 Å². The summed E-state index contributed by atoms with van der Waals surface area (Å²) in [4.78, 5) is 44.5. The third-order valence-electron chi connectivity index (χ3n) is 10.5. The van der Waals surface area contributed by atoms with Gasteiger partial charge in [0.2, 0.25) is 0 Å². The highest BCUT2D eigenvalue weighted by Gasteiger charge is 2.37. The topological polar surface area (TPSA) is 129 Å². The van der Waals surface area contributed by atoms with Crippen LogP contribution in [0.3, 0.4) is 0 Å². The molecule has 49 heavy (non-hydrogen) atoms. The number of hydrogen-bond acceptors (Lipinski definition) is 9. The number of piperazine rings is 1. The van der Waals surface area contributed by atoms with Crippen LogP contribution in [0.5, 0.6) is 0 Å². The van der Waals surface area contributed by atoms with E-state index in [0.29, 0.717) is 19.1 Å². The number of likely N-dealkylation sites (tertiary alicyclic amines) is 1. The first-order valence-corrected chi connectivity index (χ1v) is 18.7. The zero-order chi connectivity index (χ0) is 35.4. The Bertz CT molecular complexity index is 1160. The molecule has 2 amide bonds. The Hall–Kier alpha value is -2.89. The van der Waals surface area contributed by atoms with Crippen LogP contribution in [0.1, 0.15) is 98.3 Å². The van der Waals surface area contributed by atoms with Crippen LogP contribution in [0, 0.1) is 11.8 Å². The SMILES string of the molecule is C/C(=C\C=C\[C@@H](C)COC(=O)N1CCCC1)[C@H]1OC(=O)C[C@H](O)CC[C@@](C)(O)[C@@H](OC(=O)N2CCN(C3CCCCCC3)CC2)/C=C/[C@@H]1C. The number of amides is 2. The molecular weight excluding hydrogens is 626 g/mol. The molecule has 0 unspecified atom stereocenters. The Morgan fingerprint density at radius 1 is 0.980 bits per heavy atom. The lowest BCUT2D eigenvalue weighted by Gasteiger charge is -2.40. The van der Waals surface area contributed by atoms with Crippen molar-refractivity contribution in [2.45, 2.75) is 128 Å². The van der Waals surface area contributed by atoms with Crippen molar-refractivity contribution in [3.63, 3.8) is 0 Å². The molecule has 1 aliphatic carbocycles. The number of esters is 1. The van der Waals surface area contributed by atoms with Crippen molar-refractivity contribution < 1.29 is 38.8 Å². The molecule has 3 aliphatic heterocycles. The molecule has 3 fully saturated rings. The van der Waals surface area contributed by atoms with E-state index in [1.165, 1.54) is 38.5 Å². The monoisotopic (exact) mass is 687 g/mol. The molecule has 11 heteroatoms. The second-order valence-corrected chi connectivity index (χ2v) is 14.9. The Labute approximate surface area is 293 Å². The standard InChI is InChI=1S/C38H61N3O8/c1-28(27-47-36(44)40-20-9-10-21-40)12-11-13-29(2)35-30(3)16-17-33(38(4,46)19-18-32(42)26-34(43)49-35)48-37(45)41-24-22-39(23-25-41)31-14-7-5-6-8-15-31/h11-13,16-17,28,30-33,35,42,46H,5-10,14-15,18-27H2,1-4H3/b12-11+,17-16+,29-13+/t28-,30+,32-,33+,35-,38-/m1/s1. The van der Waals surface area contributed by atoms with Crippen LogP contribution in [0.25, 0.3) is 0 Å². The van der Waals surface area contributed by atoms with Crippen molar-refractivity contribution in [3.8, 4) is 0 Å². The summed E-state index contributed by atoms with van der Waals surface area (Å²) in [6, 6.07) is 0.589. The number of aliphatic hydroxyl groups is 2. The van der Waals surface area contributed by atoms with E-state index in [1.807, 2.05) is 45.1 Å². The van der Waals surface area contributed by atoms with E-state index in [9.17, 15) is 24.6 Å². The first-order chi connectivity index (χ1) is 23.4. The van der Waals surface area contributed by atoms with Crippen molar-refractivity contribution in [1.82, 2.24) is 14.7 Å². The lowest BCUT2D eigenvalue weighted by molar-refractivity contribution is -0.151. The zero-order valence-corrected chi connectivity index (χ0v) is 30.3. The first-order valence-electron chi connectivity index (χ1n) is 18.7. The summed E-state index contributed by atoms with van der Waals surface area (Å²) in [5, 5.41) is 22.2. The maximum absolute atomic E-state index is 13.4. The maximum Gasteiger partial charge on any atom is 0.410 e. The predicted octanol–water partition coefficient (Wildman–Crippen LogP) is 5.60. The van der Waals surface area contributed by atoms with Crippen LogP contribution in [0.15, 0.2) is 36.0 Å². The molecular formula is C38H61N3O8. The Balaban J connectivity index is 1.40. The van der Waals surface area contributed by atoms with Crippen LogP contribution in [-0.2, 0) is 19.0 Å². The molecule has 3 heterocycles. The van der Waals surface area contributed by atoms with E-state index in [0.717, 1.165) is 44.6 Å². The van der Waals surface area contributed by atoms with E-state index >= 15 is 0 Å². The number of carbonyl (C=O) groups excluding carboxylic acids is 3. The van der Waals surface area contributed by atoms with Crippen LogP contribution in [0.2, 0.25) is 0 Å². The van der Waals surface area contributed by atoms with E-state index in [4.69, 9.17) is 14.2 Å². The summed E-state index contributed by atoms with van der Waals surface area (Å²) in [7, 11) is 0. The van der Waals surface area contributed by atoms with Crippen LogP contribution in [0.4, 0.5) is 9.59 Å². The molecule has 4 rings (SSSR count). The fourth-order valence-corrected chi connectivity index (χ4v) is 7.27. The zero-order valence-electron chi connectivity index (χ0n) is 30.3. The highest BCUT2D eigenvalue weighted by Crippen LogP contribution is 2.28. The van der Waals surface area contributed by atoms with E-state index in [-0.39, 0.29) is 43.8 Å². The summed E-state index contributed by atoms with van der Waals surface area (Å²) in [5.41, 5.74) is -0.684. The van der Waals surface area contributed by atoms with Gasteiger partial charge in [-0.1, -0.05) is 63.8 Å². The highest BCUT2D eigenvalue weighted by molar-refractivity contribution is 5.70. The molecule has 11 nitrogen and oxygen atoms in total. The molecule has 2 N–H and O–H groups in total. The lowest BCUT2D eigenvalue weighted by atomic mass is 9.89. The number of cyclic esters (lactones) is 1. The molecule has 1 saturated carbocycles. The van der Waals surface area contributed by atoms with E-state index < -0.39 is 36.0 Å². The van der Waals surface area contributed by atoms with Gasteiger partial charge in [0, 0.05) is 57.1 Å². The lowest BCUT2D eigenvalue weighted by Crippen LogP contribution is -2.53. The average molecular weight is 688 g/mol. The molecule has 0 radical (unpaired) electrons. The molecule has 0 aromatic rings. The summed E-state index contributed by atoms with van der Waals surface area (Å²) in [6.45, 7) is 11.9. The Morgan fingerprint density at radius 3 is 2.31 bits per heavy atom. The third kappa shape index (κ3) is 12.1. The summed E-state index contributed by atoms with van der Waals surface area (Å²) >= 11 is 0. The number of rotatable bonds is 7. The second kappa shape index (κ2) is 18.9. The number of ether oxygens (including phenoxy) is 3. The van der Waals surface area contributed by atoms with Gasteiger partial charge in [-0.15, -0.1) is 0 Å². The largest absolute Gasteiger partial charge is 0.457 e. The van der Waals surface area contributed by atoms with Gasteiger partial charge < -0.3 is 34.2 Å². The maximum atomic E-state index is 13.4. The number of aliphatic hydroxyl groups excluding tert-OH is 1. The van der Waals surface area contributed by atoms with Crippen molar-refractivity contribution >= 4 is 18.2 Å². The molecule has 2 saturated heterocycles. The Kier molecular flexibility index (Phi) is 15.0. The molecule has 0 aromatic heterocycles. The highest BCUT2D eigenvalue weighted by atomic mass is 16.6. The quantitative estimate of drug-likeness (QED) is 0.116. The molecule has 4 aliphatic rings. The number of carbonyl (C=O) groups is 3. The van der Waals surface area contributed by atoms with Gasteiger partial charge in [-0.3, -0.25) is 9.69 Å². The van der Waals surface area contributed by atoms with Crippen LogP contribution >= 0.6 is 0 Å². The summed E-state index contributed by atoms with van der Waals surface area (Å²) in [6.07, 6.45) is 15.5. The van der Waals surface area contributed by atoms with Gasteiger partial charge in [0.25, 0.3) is 0 Å². The van der Waals surface area contributed by atoms with Crippen molar-refractivity contribution in [2.75, 3.05) is 45.9 Å².